The van der Waals surface area contributed by atoms with Crippen molar-refractivity contribution in [2.45, 2.75) is 25.5 Å². The van der Waals surface area contributed by atoms with Gasteiger partial charge in [0, 0.05) is 0 Å². The molecule has 0 saturated carbocycles. The van der Waals surface area contributed by atoms with Crippen molar-refractivity contribution in [2.75, 3.05) is 5.75 Å². The van der Waals surface area contributed by atoms with Crippen LogP contribution in [0.15, 0.2) is 0 Å². The van der Waals surface area contributed by atoms with E-state index in [0.717, 1.165) is 18.5 Å². The standard InChI is InChI=1S/C7H12OS/c1-7(2)3-6(4-8)9-5-7/h4,6H,3,5H2,1-2H3. The number of carbonyl (C=O) groups excluding carboxylic acids is 1. The van der Waals surface area contributed by atoms with Crippen LogP contribution < -0.4 is 0 Å². The van der Waals surface area contributed by atoms with Crippen molar-refractivity contribution in [3.63, 3.8) is 0 Å². The highest BCUT2D eigenvalue weighted by molar-refractivity contribution is 8.00. The van der Waals surface area contributed by atoms with E-state index >= 15 is 0 Å². The molecule has 1 fully saturated rings. The first-order valence-electron chi connectivity index (χ1n) is 3.21. The predicted octanol–water partition coefficient (Wildman–Crippen LogP) is 1.72. The number of rotatable bonds is 1. The summed E-state index contributed by atoms with van der Waals surface area (Å²) in [7, 11) is 0. The molecule has 1 saturated heterocycles. The molecule has 0 aromatic heterocycles. The van der Waals surface area contributed by atoms with E-state index in [1.807, 2.05) is 0 Å². The lowest BCUT2D eigenvalue weighted by Crippen LogP contribution is -2.10. The third-order valence-electron chi connectivity index (χ3n) is 1.59. The van der Waals surface area contributed by atoms with Gasteiger partial charge in [0.2, 0.25) is 0 Å². The lowest BCUT2D eigenvalue weighted by Gasteiger charge is -2.13. The zero-order chi connectivity index (χ0) is 6.91. The lowest BCUT2D eigenvalue weighted by atomic mass is 9.91. The number of aldehydes is 1. The fraction of sp³-hybridized carbons (Fsp3) is 0.857. The van der Waals surface area contributed by atoms with Crippen LogP contribution in [-0.4, -0.2) is 17.3 Å². The highest BCUT2D eigenvalue weighted by Gasteiger charge is 2.30. The topological polar surface area (TPSA) is 17.1 Å². The van der Waals surface area contributed by atoms with Gasteiger partial charge < -0.3 is 4.79 Å². The number of hydrogen-bond acceptors (Lipinski definition) is 2. The van der Waals surface area contributed by atoms with Crippen LogP contribution in [0.25, 0.3) is 0 Å². The van der Waals surface area contributed by atoms with Gasteiger partial charge in [0.15, 0.2) is 0 Å². The summed E-state index contributed by atoms with van der Waals surface area (Å²) < 4.78 is 0. The molecule has 52 valence electrons. The largest absolute Gasteiger partial charge is 0.302 e. The number of carbonyl (C=O) groups is 1. The molecule has 1 unspecified atom stereocenters. The van der Waals surface area contributed by atoms with E-state index < -0.39 is 0 Å². The molecule has 0 N–H and O–H groups in total. The van der Waals surface area contributed by atoms with Crippen molar-refractivity contribution in [2.24, 2.45) is 5.41 Å². The Morgan fingerprint density at radius 3 is 2.56 bits per heavy atom. The SMILES string of the molecule is CC1(C)CSC(C=O)C1. The first kappa shape index (κ1) is 7.13. The zero-order valence-electron chi connectivity index (χ0n) is 5.89. The first-order chi connectivity index (χ1) is 4.14. The molecule has 9 heavy (non-hydrogen) atoms. The molecule has 1 nitrogen and oxygen atoms in total. The van der Waals surface area contributed by atoms with Gasteiger partial charge in [0.25, 0.3) is 0 Å². The second kappa shape index (κ2) is 2.33. The fourth-order valence-electron chi connectivity index (χ4n) is 1.08. The molecule has 1 rings (SSSR count). The molecule has 1 heterocycles. The van der Waals surface area contributed by atoms with Crippen molar-refractivity contribution >= 4 is 18.0 Å². The minimum absolute atomic E-state index is 0.278. The minimum Gasteiger partial charge on any atom is -0.302 e. The molecule has 0 aromatic carbocycles. The van der Waals surface area contributed by atoms with Crippen molar-refractivity contribution in [1.29, 1.82) is 0 Å². The van der Waals surface area contributed by atoms with E-state index in [-0.39, 0.29) is 5.25 Å². The van der Waals surface area contributed by atoms with Crippen LogP contribution in [0, 0.1) is 5.41 Å². The smallest absolute Gasteiger partial charge is 0.132 e. The molecule has 0 bridgehead atoms. The molecule has 0 amide bonds. The van der Waals surface area contributed by atoms with E-state index in [1.54, 1.807) is 11.8 Å². The Labute approximate surface area is 60.2 Å². The molecular weight excluding hydrogens is 132 g/mol. The van der Waals surface area contributed by atoms with Crippen molar-refractivity contribution in [1.82, 2.24) is 0 Å². The summed E-state index contributed by atoms with van der Waals surface area (Å²) in [6.07, 6.45) is 2.13. The molecule has 0 radical (unpaired) electrons. The average Bonchev–Trinajstić information content (AvgIpc) is 2.10. The van der Waals surface area contributed by atoms with Crippen LogP contribution >= 0.6 is 11.8 Å². The van der Waals surface area contributed by atoms with Crippen LogP contribution in [0.2, 0.25) is 0 Å². The quantitative estimate of drug-likeness (QED) is 0.521. The molecule has 1 aliphatic rings. The maximum absolute atomic E-state index is 10.3. The van der Waals surface area contributed by atoms with Crippen LogP contribution in [0.3, 0.4) is 0 Å². The minimum atomic E-state index is 0.278. The molecule has 2 heteroatoms. The highest BCUT2D eigenvalue weighted by atomic mass is 32.2. The third-order valence-corrected chi connectivity index (χ3v) is 3.25. The van der Waals surface area contributed by atoms with E-state index in [9.17, 15) is 4.79 Å². The molecule has 0 aliphatic carbocycles. The molecule has 0 aromatic rings. The molecular formula is C7H12OS. The first-order valence-corrected chi connectivity index (χ1v) is 4.26. The van der Waals surface area contributed by atoms with Crippen LogP contribution in [0.4, 0.5) is 0 Å². The van der Waals surface area contributed by atoms with Gasteiger partial charge in [-0.3, -0.25) is 0 Å². The normalized spacial score (nSPS) is 32.4. The number of thioether (sulfide) groups is 1. The predicted molar refractivity (Wildman–Crippen MR) is 40.7 cm³/mol. The highest BCUT2D eigenvalue weighted by Crippen LogP contribution is 2.39. The van der Waals surface area contributed by atoms with Gasteiger partial charge >= 0.3 is 0 Å². The summed E-state index contributed by atoms with van der Waals surface area (Å²) >= 11 is 1.78. The second-order valence-electron chi connectivity index (χ2n) is 3.35. The average molecular weight is 144 g/mol. The van der Waals surface area contributed by atoms with Gasteiger partial charge in [-0.1, -0.05) is 13.8 Å². The Kier molecular flexibility index (Phi) is 1.85. The van der Waals surface area contributed by atoms with E-state index in [2.05, 4.69) is 13.8 Å². The summed E-state index contributed by atoms with van der Waals surface area (Å²) in [5.41, 5.74) is 0.399. The van der Waals surface area contributed by atoms with Gasteiger partial charge in [-0.2, -0.15) is 11.8 Å². The monoisotopic (exact) mass is 144 g/mol. The van der Waals surface area contributed by atoms with Crippen LogP contribution in [0.1, 0.15) is 20.3 Å². The maximum atomic E-state index is 10.3. The van der Waals surface area contributed by atoms with Gasteiger partial charge in [0.1, 0.15) is 6.29 Å². The Balaban J connectivity index is 2.47. The maximum Gasteiger partial charge on any atom is 0.132 e. The summed E-state index contributed by atoms with van der Waals surface area (Å²) in [6.45, 7) is 4.42. The summed E-state index contributed by atoms with van der Waals surface area (Å²) in [4.78, 5) is 10.3. The van der Waals surface area contributed by atoms with Gasteiger partial charge in [-0.25, -0.2) is 0 Å². The third kappa shape index (κ3) is 1.71. The summed E-state index contributed by atoms with van der Waals surface area (Å²) in [5, 5.41) is 0.278. The Morgan fingerprint density at radius 1 is 1.67 bits per heavy atom. The van der Waals surface area contributed by atoms with Gasteiger partial charge in [0.05, 0.1) is 5.25 Å². The van der Waals surface area contributed by atoms with E-state index in [0.29, 0.717) is 5.41 Å². The van der Waals surface area contributed by atoms with Crippen LogP contribution in [0.5, 0.6) is 0 Å². The molecule has 0 spiro atoms. The van der Waals surface area contributed by atoms with E-state index in [1.165, 1.54) is 0 Å². The van der Waals surface area contributed by atoms with E-state index in [4.69, 9.17) is 0 Å². The summed E-state index contributed by atoms with van der Waals surface area (Å²) in [5.74, 6) is 1.14. The fourth-order valence-corrected chi connectivity index (χ4v) is 2.51. The van der Waals surface area contributed by atoms with Crippen LogP contribution in [-0.2, 0) is 4.79 Å². The van der Waals surface area contributed by atoms with Crippen molar-refractivity contribution in [3.05, 3.63) is 0 Å². The van der Waals surface area contributed by atoms with Gasteiger partial charge in [-0.05, 0) is 17.6 Å². The second-order valence-corrected chi connectivity index (χ2v) is 4.58. The Hall–Kier alpha value is 0.0200. The van der Waals surface area contributed by atoms with Crippen molar-refractivity contribution < 1.29 is 4.79 Å². The Morgan fingerprint density at radius 2 is 2.33 bits per heavy atom. The Bertz CT molecular complexity index is 120. The van der Waals surface area contributed by atoms with Gasteiger partial charge in [-0.15, -0.1) is 0 Å². The molecule has 1 aliphatic heterocycles. The van der Waals surface area contributed by atoms with Crippen molar-refractivity contribution in [3.8, 4) is 0 Å². The molecule has 1 atom stereocenters. The zero-order valence-corrected chi connectivity index (χ0v) is 6.70. The lowest BCUT2D eigenvalue weighted by molar-refractivity contribution is -0.107. The summed E-state index contributed by atoms with van der Waals surface area (Å²) in [6, 6.07) is 0. The number of hydrogen-bond donors (Lipinski definition) is 0.